The van der Waals surface area contributed by atoms with E-state index < -0.39 is 0 Å². The number of rotatable bonds is 6. The average Bonchev–Trinajstić information content (AvgIpc) is 2.49. The number of piperidine rings is 1. The molecule has 4 nitrogen and oxygen atoms in total. The lowest BCUT2D eigenvalue weighted by atomic mass is 9.99. The van der Waals surface area contributed by atoms with Gasteiger partial charge in [0.2, 0.25) is 0 Å². The van der Waals surface area contributed by atoms with Gasteiger partial charge in [0.1, 0.15) is 12.4 Å². The van der Waals surface area contributed by atoms with Crippen LogP contribution in [0.25, 0.3) is 0 Å². The van der Waals surface area contributed by atoms with Gasteiger partial charge in [0.25, 0.3) is 0 Å². The summed E-state index contributed by atoms with van der Waals surface area (Å²) in [7, 11) is 1.77. The van der Waals surface area contributed by atoms with Crippen LogP contribution in [0.4, 0.5) is 0 Å². The van der Waals surface area contributed by atoms with Gasteiger partial charge < -0.3 is 9.47 Å². The van der Waals surface area contributed by atoms with Crippen molar-refractivity contribution in [1.29, 1.82) is 5.26 Å². The maximum atomic E-state index is 8.74. The van der Waals surface area contributed by atoms with Crippen LogP contribution in [0.5, 0.6) is 5.75 Å². The van der Waals surface area contributed by atoms with Crippen molar-refractivity contribution in [3.8, 4) is 11.8 Å². The molecule has 1 atom stereocenters. The maximum absolute atomic E-state index is 8.74. The molecule has 1 aromatic carbocycles. The Morgan fingerprint density at radius 2 is 2.15 bits per heavy atom. The fourth-order valence-electron chi connectivity index (χ4n) is 2.64. The van der Waals surface area contributed by atoms with E-state index in [1.807, 2.05) is 12.1 Å². The second-order valence-corrected chi connectivity index (χ2v) is 5.25. The van der Waals surface area contributed by atoms with Gasteiger partial charge in [-0.25, -0.2) is 0 Å². The summed E-state index contributed by atoms with van der Waals surface area (Å²) >= 11 is 0. The van der Waals surface area contributed by atoms with Gasteiger partial charge in [-0.1, -0.05) is 0 Å². The molecule has 2 rings (SSSR count). The number of hydrogen-bond acceptors (Lipinski definition) is 4. The van der Waals surface area contributed by atoms with Crippen molar-refractivity contribution in [2.45, 2.75) is 12.8 Å². The Kier molecular flexibility index (Phi) is 5.85. The molecule has 1 aliphatic rings. The van der Waals surface area contributed by atoms with Crippen molar-refractivity contribution in [2.75, 3.05) is 40.0 Å². The topological polar surface area (TPSA) is 45.5 Å². The van der Waals surface area contributed by atoms with E-state index in [1.54, 1.807) is 19.2 Å². The molecule has 20 heavy (non-hydrogen) atoms. The Balaban J connectivity index is 1.71. The number of nitriles is 1. The minimum atomic E-state index is 0.656. The van der Waals surface area contributed by atoms with Crippen LogP contribution >= 0.6 is 0 Å². The van der Waals surface area contributed by atoms with E-state index in [2.05, 4.69) is 11.0 Å². The van der Waals surface area contributed by atoms with Crippen LogP contribution in [-0.4, -0.2) is 44.9 Å². The molecule has 0 saturated carbocycles. The fraction of sp³-hybridized carbons (Fsp3) is 0.562. The van der Waals surface area contributed by atoms with E-state index >= 15 is 0 Å². The van der Waals surface area contributed by atoms with Crippen molar-refractivity contribution < 1.29 is 9.47 Å². The summed E-state index contributed by atoms with van der Waals surface area (Å²) in [6.07, 6.45) is 2.51. The zero-order chi connectivity index (χ0) is 14.2. The van der Waals surface area contributed by atoms with Crippen LogP contribution in [-0.2, 0) is 4.74 Å². The lowest BCUT2D eigenvalue weighted by molar-refractivity contribution is 0.0832. The highest BCUT2D eigenvalue weighted by Crippen LogP contribution is 2.17. The highest BCUT2D eigenvalue weighted by atomic mass is 16.5. The molecule has 1 unspecified atom stereocenters. The molecule has 1 aliphatic heterocycles. The van der Waals surface area contributed by atoms with Crippen LogP contribution in [0.3, 0.4) is 0 Å². The lowest BCUT2D eigenvalue weighted by Gasteiger charge is -2.32. The molecule has 0 N–H and O–H groups in total. The number of nitrogens with zero attached hydrogens (tertiary/aromatic N) is 2. The summed E-state index contributed by atoms with van der Waals surface area (Å²) in [5.41, 5.74) is 0.663. The molecular weight excluding hydrogens is 252 g/mol. The van der Waals surface area contributed by atoms with Crippen LogP contribution in [0.15, 0.2) is 24.3 Å². The first-order valence-electron chi connectivity index (χ1n) is 7.16. The van der Waals surface area contributed by atoms with Crippen molar-refractivity contribution in [1.82, 2.24) is 4.90 Å². The first kappa shape index (κ1) is 14.8. The summed E-state index contributed by atoms with van der Waals surface area (Å²) < 4.78 is 11.0. The number of ether oxygens (including phenoxy) is 2. The van der Waals surface area contributed by atoms with E-state index in [-0.39, 0.29) is 0 Å². The van der Waals surface area contributed by atoms with Gasteiger partial charge in [-0.05, 0) is 49.6 Å². The number of hydrogen-bond donors (Lipinski definition) is 0. The minimum absolute atomic E-state index is 0.656. The third-order valence-corrected chi connectivity index (χ3v) is 3.67. The van der Waals surface area contributed by atoms with Crippen molar-refractivity contribution >= 4 is 0 Å². The summed E-state index contributed by atoms with van der Waals surface area (Å²) in [6, 6.07) is 9.37. The molecular formula is C16H22N2O2. The number of benzene rings is 1. The molecule has 108 valence electrons. The largest absolute Gasteiger partial charge is 0.492 e. The highest BCUT2D eigenvalue weighted by molar-refractivity contribution is 5.34. The molecule has 1 fully saturated rings. The smallest absolute Gasteiger partial charge is 0.119 e. The first-order valence-corrected chi connectivity index (χ1v) is 7.16. The predicted molar refractivity (Wildman–Crippen MR) is 77.7 cm³/mol. The molecule has 1 saturated heterocycles. The summed E-state index contributed by atoms with van der Waals surface area (Å²) in [5, 5.41) is 8.74. The van der Waals surface area contributed by atoms with E-state index in [9.17, 15) is 0 Å². The average molecular weight is 274 g/mol. The number of methoxy groups -OCH3 is 1. The first-order chi connectivity index (χ1) is 9.81. The van der Waals surface area contributed by atoms with Crippen LogP contribution in [0.1, 0.15) is 18.4 Å². The van der Waals surface area contributed by atoms with Crippen molar-refractivity contribution in [3.05, 3.63) is 29.8 Å². The predicted octanol–water partition coefficient (Wildman–Crippen LogP) is 2.30. The minimum Gasteiger partial charge on any atom is -0.492 e. The van der Waals surface area contributed by atoms with Crippen LogP contribution < -0.4 is 4.74 Å². The maximum Gasteiger partial charge on any atom is 0.119 e. The second kappa shape index (κ2) is 7.88. The Labute approximate surface area is 120 Å². The molecule has 4 heteroatoms. The van der Waals surface area contributed by atoms with E-state index in [0.717, 1.165) is 32.0 Å². The Bertz CT molecular complexity index is 437. The third kappa shape index (κ3) is 4.52. The van der Waals surface area contributed by atoms with Gasteiger partial charge in [-0.2, -0.15) is 5.26 Å². The normalized spacial score (nSPS) is 19.5. The summed E-state index contributed by atoms with van der Waals surface area (Å²) in [4.78, 5) is 2.44. The van der Waals surface area contributed by atoms with Gasteiger partial charge in [0, 0.05) is 20.2 Å². The third-order valence-electron chi connectivity index (χ3n) is 3.67. The van der Waals surface area contributed by atoms with Gasteiger partial charge in [-0.3, -0.25) is 4.90 Å². The Morgan fingerprint density at radius 1 is 1.35 bits per heavy atom. The monoisotopic (exact) mass is 274 g/mol. The van der Waals surface area contributed by atoms with E-state index in [0.29, 0.717) is 18.1 Å². The Morgan fingerprint density at radius 3 is 2.85 bits per heavy atom. The van der Waals surface area contributed by atoms with E-state index in [4.69, 9.17) is 14.7 Å². The number of likely N-dealkylation sites (tertiary alicyclic amines) is 1. The standard InChI is InChI=1S/C16H22N2O2/c1-19-13-15-3-2-8-18(12-15)9-10-20-16-6-4-14(11-17)5-7-16/h4-7,15H,2-3,8-10,12-13H2,1H3. The van der Waals surface area contributed by atoms with Gasteiger partial charge in [-0.15, -0.1) is 0 Å². The van der Waals surface area contributed by atoms with Crippen LogP contribution in [0, 0.1) is 17.2 Å². The zero-order valence-electron chi connectivity index (χ0n) is 12.0. The molecule has 1 aromatic rings. The quantitative estimate of drug-likeness (QED) is 0.798. The molecule has 0 aliphatic carbocycles. The molecule has 0 spiro atoms. The molecule has 0 bridgehead atoms. The molecule has 0 amide bonds. The lowest BCUT2D eigenvalue weighted by Crippen LogP contribution is -2.39. The SMILES string of the molecule is COCC1CCCN(CCOc2ccc(C#N)cc2)C1. The molecule has 1 heterocycles. The second-order valence-electron chi connectivity index (χ2n) is 5.25. The van der Waals surface area contributed by atoms with Crippen LogP contribution in [0.2, 0.25) is 0 Å². The summed E-state index contributed by atoms with van der Waals surface area (Å²) in [5.74, 6) is 1.48. The molecule has 0 aromatic heterocycles. The summed E-state index contributed by atoms with van der Waals surface area (Å²) in [6.45, 7) is 4.74. The zero-order valence-corrected chi connectivity index (χ0v) is 12.0. The fourth-order valence-corrected chi connectivity index (χ4v) is 2.64. The van der Waals surface area contributed by atoms with Gasteiger partial charge >= 0.3 is 0 Å². The van der Waals surface area contributed by atoms with E-state index in [1.165, 1.54) is 12.8 Å². The Hall–Kier alpha value is -1.57. The van der Waals surface area contributed by atoms with Crippen molar-refractivity contribution in [2.24, 2.45) is 5.92 Å². The van der Waals surface area contributed by atoms with Gasteiger partial charge in [0.05, 0.1) is 18.2 Å². The molecule has 0 radical (unpaired) electrons. The highest BCUT2D eigenvalue weighted by Gasteiger charge is 2.19. The van der Waals surface area contributed by atoms with Gasteiger partial charge in [0.15, 0.2) is 0 Å². The van der Waals surface area contributed by atoms with Crippen molar-refractivity contribution in [3.63, 3.8) is 0 Å².